The fourth-order valence-electron chi connectivity index (χ4n) is 3.62. The van der Waals surface area contributed by atoms with Gasteiger partial charge in [-0.2, -0.15) is 0 Å². The van der Waals surface area contributed by atoms with Crippen LogP contribution >= 0.6 is 34.4 Å². The third kappa shape index (κ3) is 5.24. The standard InChI is InChI=1S/C24H24N4O3S3/c1-4-28-18(13-17-11-8-12-32-17)26-27-24(28)33-14-19(29)25-22-21(23(30)31-3)20(15(2)34-22)16-9-6-5-7-10-16/h5-12H,4,13-14H2,1-3H3,(H,25,29). The summed E-state index contributed by atoms with van der Waals surface area (Å²) in [5, 5.41) is 14.8. The summed E-state index contributed by atoms with van der Waals surface area (Å²) < 4.78 is 7.06. The first-order valence-corrected chi connectivity index (χ1v) is 13.3. The van der Waals surface area contributed by atoms with Crippen molar-refractivity contribution in [2.75, 3.05) is 18.2 Å². The number of aromatic nitrogens is 3. The number of esters is 1. The maximum absolute atomic E-state index is 12.8. The van der Waals surface area contributed by atoms with E-state index in [9.17, 15) is 9.59 Å². The van der Waals surface area contributed by atoms with E-state index in [1.165, 1.54) is 35.1 Å². The number of anilines is 1. The monoisotopic (exact) mass is 512 g/mol. The average Bonchev–Trinajstić information content (AvgIpc) is 3.57. The van der Waals surface area contributed by atoms with Gasteiger partial charge in [-0.3, -0.25) is 4.79 Å². The minimum absolute atomic E-state index is 0.148. The van der Waals surface area contributed by atoms with Crippen LogP contribution < -0.4 is 5.32 Å². The Morgan fingerprint density at radius 1 is 1.15 bits per heavy atom. The number of ether oxygens (including phenoxy) is 1. The molecular formula is C24H24N4O3S3. The van der Waals surface area contributed by atoms with E-state index >= 15 is 0 Å². The molecule has 1 N–H and O–H groups in total. The topological polar surface area (TPSA) is 86.1 Å². The van der Waals surface area contributed by atoms with Crippen LogP contribution in [0.1, 0.15) is 32.9 Å². The number of rotatable bonds is 9. The molecule has 4 aromatic rings. The number of thioether (sulfide) groups is 1. The molecule has 0 saturated heterocycles. The number of hydrogen-bond donors (Lipinski definition) is 1. The van der Waals surface area contributed by atoms with Gasteiger partial charge in [-0.15, -0.1) is 32.9 Å². The average molecular weight is 513 g/mol. The zero-order valence-corrected chi connectivity index (χ0v) is 21.5. The Morgan fingerprint density at radius 3 is 2.62 bits per heavy atom. The van der Waals surface area contributed by atoms with Crippen molar-refractivity contribution in [3.63, 3.8) is 0 Å². The second-order valence-corrected chi connectivity index (χ2v) is 10.5. The van der Waals surface area contributed by atoms with Gasteiger partial charge in [0, 0.05) is 28.3 Å². The number of methoxy groups -OCH3 is 1. The Balaban J connectivity index is 1.50. The molecule has 0 spiro atoms. The van der Waals surface area contributed by atoms with Crippen LogP contribution in [-0.2, 0) is 22.5 Å². The zero-order chi connectivity index (χ0) is 24.1. The van der Waals surface area contributed by atoms with Gasteiger partial charge in [-0.1, -0.05) is 48.2 Å². The van der Waals surface area contributed by atoms with Crippen molar-refractivity contribution in [1.82, 2.24) is 14.8 Å². The SMILES string of the molecule is CCn1c(Cc2cccs2)nnc1SCC(=O)Nc1sc(C)c(-c2ccccc2)c1C(=O)OC. The fraction of sp³-hybridized carbons (Fsp3) is 0.250. The quantitative estimate of drug-likeness (QED) is 0.235. The molecule has 0 unspecified atom stereocenters. The Bertz CT molecular complexity index is 1280. The first-order valence-electron chi connectivity index (χ1n) is 10.7. The highest BCUT2D eigenvalue weighted by Gasteiger charge is 2.25. The predicted molar refractivity (Wildman–Crippen MR) is 138 cm³/mol. The van der Waals surface area contributed by atoms with E-state index in [2.05, 4.69) is 21.6 Å². The second-order valence-electron chi connectivity index (χ2n) is 7.33. The van der Waals surface area contributed by atoms with Gasteiger partial charge in [0.25, 0.3) is 0 Å². The molecule has 3 heterocycles. The van der Waals surface area contributed by atoms with E-state index in [4.69, 9.17) is 4.74 Å². The van der Waals surface area contributed by atoms with Crippen molar-refractivity contribution in [1.29, 1.82) is 0 Å². The van der Waals surface area contributed by atoms with Crippen LogP contribution in [0.25, 0.3) is 11.1 Å². The molecular weight excluding hydrogens is 488 g/mol. The molecule has 3 aromatic heterocycles. The molecule has 0 aliphatic carbocycles. The van der Waals surface area contributed by atoms with Crippen molar-refractivity contribution in [3.05, 3.63) is 69.0 Å². The number of carbonyl (C=O) groups excluding carboxylic acids is 2. The van der Waals surface area contributed by atoms with Crippen LogP contribution in [0.3, 0.4) is 0 Å². The van der Waals surface area contributed by atoms with E-state index in [1.54, 1.807) is 11.3 Å². The molecule has 10 heteroatoms. The van der Waals surface area contributed by atoms with Crippen LogP contribution in [-0.4, -0.2) is 39.5 Å². The van der Waals surface area contributed by atoms with Gasteiger partial charge in [0.1, 0.15) is 16.4 Å². The number of nitrogens with zero attached hydrogens (tertiary/aromatic N) is 3. The zero-order valence-electron chi connectivity index (χ0n) is 19.0. The molecule has 0 radical (unpaired) electrons. The van der Waals surface area contributed by atoms with Crippen molar-refractivity contribution < 1.29 is 14.3 Å². The van der Waals surface area contributed by atoms with E-state index in [-0.39, 0.29) is 11.7 Å². The summed E-state index contributed by atoms with van der Waals surface area (Å²) in [6.45, 7) is 4.69. The van der Waals surface area contributed by atoms with Gasteiger partial charge in [-0.05, 0) is 30.9 Å². The van der Waals surface area contributed by atoms with E-state index in [0.717, 1.165) is 21.8 Å². The number of benzene rings is 1. The summed E-state index contributed by atoms with van der Waals surface area (Å²) in [7, 11) is 1.34. The lowest BCUT2D eigenvalue weighted by molar-refractivity contribution is -0.113. The molecule has 0 saturated carbocycles. The summed E-state index contributed by atoms with van der Waals surface area (Å²) in [5.74, 6) is 0.328. The van der Waals surface area contributed by atoms with Gasteiger partial charge < -0.3 is 14.6 Å². The van der Waals surface area contributed by atoms with Crippen molar-refractivity contribution in [2.24, 2.45) is 0 Å². The van der Waals surface area contributed by atoms with Crippen LogP contribution in [0.15, 0.2) is 53.0 Å². The highest BCUT2D eigenvalue weighted by molar-refractivity contribution is 7.99. The Kier molecular flexibility index (Phi) is 7.81. The molecule has 0 fully saturated rings. The van der Waals surface area contributed by atoms with Crippen LogP contribution in [0, 0.1) is 6.92 Å². The fourth-order valence-corrected chi connectivity index (χ4v) is 6.22. The lowest BCUT2D eigenvalue weighted by atomic mass is 10.0. The van der Waals surface area contributed by atoms with E-state index in [0.29, 0.717) is 28.7 Å². The summed E-state index contributed by atoms with van der Waals surface area (Å²) >= 11 is 4.38. The number of aryl methyl sites for hydroxylation is 1. The lowest BCUT2D eigenvalue weighted by Gasteiger charge is -2.09. The van der Waals surface area contributed by atoms with E-state index in [1.807, 2.05) is 60.2 Å². The van der Waals surface area contributed by atoms with Crippen LogP contribution in [0.5, 0.6) is 0 Å². The summed E-state index contributed by atoms with van der Waals surface area (Å²) in [6.07, 6.45) is 0.713. The van der Waals surface area contributed by atoms with Gasteiger partial charge in [0.2, 0.25) is 5.91 Å². The second kappa shape index (κ2) is 11.0. The van der Waals surface area contributed by atoms with Gasteiger partial charge in [-0.25, -0.2) is 4.79 Å². The van der Waals surface area contributed by atoms with Crippen molar-refractivity contribution in [2.45, 2.75) is 32.0 Å². The first kappa shape index (κ1) is 24.2. The lowest BCUT2D eigenvalue weighted by Crippen LogP contribution is -2.16. The molecule has 176 valence electrons. The van der Waals surface area contributed by atoms with Gasteiger partial charge >= 0.3 is 5.97 Å². The minimum Gasteiger partial charge on any atom is -0.465 e. The summed E-state index contributed by atoms with van der Waals surface area (Å²) in [4.78, 5) is 27.6. The molecule has 1 aromatic carbocycles. The van der Waals surface area contributed by atoms with Gasteiger partial charge in [0.15, 0.2) is 5.16 Å². The normalized spacial score (nSPS) is 10.9. The molecule has 4 rings (SSSR count). The summed E-state index contributed by atoms with van der Waals surface area (Å²) in [5.41, 5.74) is 2.06. The van der Waals surface area contributed by atoms with E-state index < -0.39 is 5.97 Å². The number of carbonyl (C=O) groups is 2. The molecule has 0 aliphatic heterocycles. The van der Waals surface area contributed by atoms with Crippen LogP contribution in [0.2, 0.25) is 0 Å². The summed E-state index contributed by atoms with van der Waals surface area (Å²) in [6, 6.07) is 13.7. The number of amides is 1. The number of nitrogens with one attached hydrogen (secondary N) is 1. The number of hydrogen-bond acceptors (Lipinski definition) is 8. The Hall–Kier alpha value is -2.95. The van der Waals surface area contributed by atoms with Crippen LogP contribution in [0.4, 0.5) is 5.00 Å². The third-order valence-corrected chi connectivity index (χ3v) is 8.01. The molecule has 0 atom stereocenters. The minimum atomic E-state index is -0.477. The maximum Gasteiger partial charge on any atom is 0.341 e. The third-order valence-electron chi connectivity index (χ3n) is 5.14. The molecule has 0 aliphatic rings. The van der Waals surface area contributed by atoms with Gasteiger partial charge in [0.05, 0.1) is 12.9 Å². The molecule has 1 amide bonds. The highest BCUT2D eigenvalue weighted by Crippen LogP contribution is 2.40. The highest BCUT2D eigenvalue weighted by atomic mass is 32.2. The Labute approximate surface area is 210 Å². The maximum atomic E-state index is 12.8. The smallest absolute Gasteiger partial charge is 0.341 e. The molecule has 7 nitrogen and oxygen atoms in total. The van der Waals surface area contributed by atoms with Crippen molar-refractivity contribution in [3.8, 4) is 11.1 Å². The molecule has 0 bridgehead atoms. The molecule has 34 heavy (non-hydrogen) atoms. The Morgan fingerprint density at radius 2 is 1.94 bits per heavy atom. The number of thiophene rings is 2. The van der Waals surface area contributed by atoms with Crippen molar-refractivity contribution >= 4 is 51.3 Å². The first-order chi connectivity index (χ1) is 16.5. The largest absolute Gasteiger partial charge is 0.465 e. The predicted octanol–water partition coefficient (Wildman–Crippen LogP) is 5.50.